The highest BCUT2D eigenvalue weighted by molar-refractivity contribution is 4.77. The Balaban J connectivity index is 1.97. The minimum atomic E-state index is 0.721. The van der Waals surface area contributed by atoms with E-state index in [2.05, 4.69) is 0 Å². The van der Waals surface area contributed by atoms with Gasteiger partial charge in [0.05, 0.1) is 13.2 Å². The summed E-state index contributed by atoms with van der Waals surface area (Å²) in [4.78, 5) is 0. The Hall–Kier alpha value is -0.0800. The first-order valence-corrected chi connectivity index (χ1v) is 3.62. The monoisotopic (exact) mass is 128 g/mol. The Kier molecular flexibility index (Phi) is 1.44. The molecule has 0 aromatic heterocycles. The molecule has 9 heavy (non-hydrogen) atoms. The van der Waals surface area contributed by atoms with E-state index in [0.29, 0.717) is 0 Å². The molecule has 2 aliphatic heterocycles. The van der Waals surface area contributed by atoms with Crippen molar-refractivity contribution in [3.8, 4) is 0 Å². The van der Waals surface area contributed by atoms with Crippen LogP contribution in [0.1, 0.15) is 6.42 Å². The molecule has 0 radical (unpaired) electrons. The lowest BCUT2D eigenvalue weighted by molar-refractivity contribution is 0.0365. The first-order valence-electron chi connectivity index (χ1n) is 3.62. The van der Waals surface area contributed by atoms with Crippen LogP contribution < -0.4 is 0 Å². The Labute approximate surface area is 55.1 Å². The number of hydrogen-bond acceptors (Lipinski definition) is 2. The summed E-state index contributed by atoms with van der Waals surface area (Å²) in [6.07, 6.45) is 1.21. The van der Waals surface area contributed by atoms with Crippen LogP contribution in [0.5, 0.6) is 0 Å². The van der Waals surface area contributed by atoms with E-state index in [9.17, 15) is 0 Å². The molecule has 2 unspecified atom stereocenters. The van der Waals surface area contributed by atoms with Crippen molar-refractivity contribution in [2.45, 2.75) is 6.42 Å². The van der Waals surface area contributed by atoms with Gasteiger partial charge in [0.2, 0.25) is 0 Å². The Morgan fingerprint density at radius 1 is 0.889 bits per heavy atom. The van der Waals surface area contributed by atoms with E-state index in [4.69, 9.17) is 9.47 Å². The quantitative estimate of drug-likeness (QED) is 0.477. The van der Waals surface area contributed by atoms with Gasteiger partial charge in [0.15, 0.2) is 0 Å². The molecule has 0 aromatic rings. The van der Waals surface area contributed by atoms with Crippen molar-refractivity contribution in [3.63, 3.8) is 0 Å². The summed E-state index contributed by atoms with van der Waals surface area (Å²) >= 11 is 0. The second kappa shape index (κ2) is 2.27. The van der Waals surface area contributed by atoms with Gasteiger partial charge in [-0.1, -0.05) is 0 Å². The Bertz CT molecular complexity index is 91.1. The topological polar surface area (TPSA) is 18.5 Å². The fourth-order valence-corrected chi connectivity index (χ4v) is 1.62. The lowest BCUT2D eigenvalue weighted by atomic mass is 9.92. The third-order valence-corrected chi connectivity index (χ3v) is 2.30. The van der Waals surface area contributed by atoms with Crippen LogP contribution in [0.15, 0.2) is 0 Å². The van der Waals surface area contributed by atoms with Crippen LogP contribution in [-0.2, 0) is 9.47 Å². The van der Waals surface area contributed by atoms with Gasteiger partial charge in [0.1, 0.15) is 0 Å². The van der Waals surface area contributed by atoms with E-state index in [-0.39, 0.29) is 0 Å². The van der Waals surface area contributed by atoms with Crippen LogP contribution in [0, 0.1) is 11.8 Å². The summed E-state index contributed by atoms with van der Waals surface area (Å²) in [7, 11) is 0. The Morgan fingerprint density at radius 2 is 1.67 bits per heavy atom. The van der Waals surface area contributed by atoms with Crippen LogP contribution in [-0.4, -0.2) is 26.4 Å². The van der Waals surface area contributed by atoms with Crippen molar-refractivity contribution in [1.29, 1.82) is 0 Å². The van der Waals surface area contributed by atoms with Crippen LogP contribution in [0.3, 0.4) is 0 Å². The van der Waals surface area contributed by atoms with E-state index in [1.807, 2.05) is 0 Å². The van der Waals surface area contributed by atoms with E-state index >= 15 is 0 Å². The standard InChI is InChI=1S/C7H12O2/c1-2-8-4-7-5-9-3-6(1)7/h6-7H,1-5H2. The van der Waals surface area contributed by atoms with Crippen molar-refractivity contribution in [3.05, 3.63) is 0 Å². The highest BCUT2D eigenvalue weighted by Gasteiger charge is 2.30. The molecule has 2 atom stereocenters. The molecule has 0 aromatic carbocycles. The first kappa shape index (κ1) is 5.69. The zero-order chi connectivity index (χ0) is 6.10. The second-order valence-electron chi connectivity index (χ2n) is 2.92. The molecule has 0 N–H and O–H groups in total. The molecular formula is C7H12O2. The van der Waals surface area contributed by atoms with Gasteiger partial charge >= 0.3 is 0 Å². The SMILES string of the molecule is C1CC2COCC2CO1. The largest absolute Gasteiger partial charge is 0.381 e. The van der Waals surface area contributed by atoms with Crippen molar-refractivity contribution >= 4 is 0 Å². The fourth-order valence-electron chi connectivity index (χ4n) is 1.62. The Morgan fingerprint density at radius 3 is 2.56 bits per heavy atom. The molecule has 0 aliphatic carbocycles. The van der Waals surface area contributed by atoms with E-state index < -0.39 is 0 Å². The summed E-state index contributed by atoms with van der Waals surface area (Å²) in [5.41, 5.74) is 0. The van der Waals surface area contributed by atoms with Crippen molar-refractivity contribution < 1.29 is 9.47 Å². The van der Waals surface area contributed by atoms with E-state index in [0.717, 1.165) is 38.3 Å². The minimum Gasteiger partial charge on any atom is -0.381 e. The molecule has 0 bridgehead atoms. The van der Waals surface area contributed by atoms with Gasteiger partial charge in [0, 0.05) is 19.1 Å². The lowest BCUT2D eigenvalue weighted by Gasteiger charge is -2.22. The van der Waals surface area contributed by atoms with Crippen LogP contribution in [0.25, 0.3) is 0 Å². The predicted molar refractivity (Wildman–Crippen MR) is 33.2 cm³/mol. The molecule has 2 heteroatoms. The minimum absolute atomic E-state index is 0.721. The molecule has 2 rings (SSSR count). The molecule has 0 saturated carbocycles. The highest BCUT2D eigenvalue weighted by atomic mass is 16.5. The fraction of sp³-hybridized carbons (Fsp3) is 1.00. The van der Waals surface area contributed by atoms with Gasteiger partial charge in [-0.2, -0.15) is 0 Å². The molecule has 0 amide bonds. The summed E-state index contributed by atoms with van der Waals surface area (Å²) in [6, 6.07) is 0. The lowest BCUT2D eigenvalue weighted by Crippen LogP contribution is -2.25. The van der Waals surface area contributed by atoms with Gasteiger partial charge in [0.25, 0.3) is 0 Å². The molecule has 0 spiro atoms. The van der Waals surface area contributed by atoms with E-state index in [1.165, 1.54) is 6.42 Å². The predicted octanol–water partition coefficient (Wildman–Crippen LogP) is 0.669. The van der Waals surface area contributed by atoms with Crippen LogP contribution in [0.4, 0.5) is 0 Å². The molecule has 2 heterocycles. The molecule has 2 nitrogen and oxygen atoms in total. The van der Waals surface area contributed by atoms with Gasteiger partial charge in [-0.15, -0.1) is 0 Å². The van der Waals surface area contributed by atoms with Gasteiger partial charge in [-0.3, -0.25) is 0 Å². The summed E-state index contributed by atoms with van der Waals surface area (Å²) in [6.45, 7) is 3.80. The summed E-state index contributed by atoms with van der Waals surface area (Å²) in [5.74, 6) is 1.54. The zero-order valence-electron chi connectivity index (χ0n) is 5.51. The normalized spacial score (nSPS) is 42.7. The number of ether oxygens (including phenoxy) is 2. The average molecular weight is 128 g/mol. The molecule has 2 saturated heterocycles. The van der Waals surface area contributed by atoms with Crippen LogP contribution in [0.2, 0.25) is 0 Å². The molecule has 2 aliphatic rings. The maximum Gasteiger partial charge on any atom is 0.0519 e. The third-order valence-electron chi connectivity index (χ3n) is 2.30. The second-order valence-corrected chi connectivity index (χ2v) is 2.92. The molecule has 2 fully saturated rings. The summed E-state index contributed by atoms with van der Waals surface area (Å²) in [5, 5.41) is 0. The average Bonchev–Trinajstić information content (AvgIpc) is 2.33. The van der Waals surface area contributed by atoms with Crippen molar-refractivity contribution in [2.75, 3.05) is 26.4 Å². The van der Waals surface area contributed by atoms with Gasteiger partial charge in [-0.25, -0.2) is 0 Å². The maximum atomic E-state index is 5.31. The number of rotatable bonds is 0. The van der Waals surface area contributed by atoms with E-state index in [1.54, 1.807) is 0 Å². The number of fused-ring (bicyclic) bond motifs is 1. The van der Waals surface area contributed by atoms with Crippen LogP contribution >= 0.6 is 0 Å². The van der Waals surface area contributed by atoms with Crippen molar-refractivity contribution in [2.24, 2.45) is 11.8 Å². The zero-order valence-corrected chi connectivity index (χ0v) is 5.51. The maximum absolute atomic E-state index is 5.31. The third kappa shape index (κ3) is 0.970. The molecular weight excluding hydrogens is 116 g/mol. The number of hydrogen-bond donors (Lipinski definition) is 0. The highest BCUT2D eigenvalue weighted by Crippen LogP contribution is 2.27. The van der Waals surface area contributed by atoms with Gasteiger partial charge < -0.3 is 9.47 Å². The first-order chi connectivity index (χ1) is 4.47. The smallest absolute Gasteiger partial charge is 0.0519 e. The van der Waals surface area contributed by atoms with Crippen molar-refractivity contribution in [1.82, 2.24) is 0 Å². The summed E-state index contributed by atoms with van der Waals surface area (Å²) < 4.78 is 10.6. The molecule has 52 valence electrons. The van der Waals surface area contributed by atoms with Gasteiger partial charge in [-0.05, 0) is 12.3 Å².